The minimum Gasteiger partial charge on any atom is -0.326 e. The van der Waals surface area contributed by atoms with E-state index in [-0.39, 0.29) is 23.6 Å². The largest absolute Gasteiger partial charge is 0.326 e. The zero-order valence-electron chi connectivity index (χ0n) is 24.6. The molecule has 45 heavy (non-hydrogen) atoms. The van der Waals surface area contributed by atoms with E-state index in [0.29, 0.717) is 56.8 Å². The van der Waals surface area contributed by atoms with Crippen LogP contribution in [-0.4, -0.2) is 23.6 Å². The van der Waals surface area contributed by atoms with Crippen LogP contribution in [0.5, 0.6) is 0 Å². The monoisotopic (exact) mass is 644 g/mol. The molecule has 4 amide bonds. The fourth-order valence-electron chi connectivity index (χ4n) is 4.56. The van der Waals surface area contributed by atoms with Gasteiger partial charge >= 0.3 is 0 Å². The van der Waals surface area contributed by atoms with E-state index in [1.54, 1.807) is 97.1 Å². The molecule has 0 saturated carbocycles. The quantitative estimate of drug-likeness (QED) is 0.103. The third-order valence-electron chi connectivity index (χ3n) is 6.79. The van der Waals surface area contributed by atoms with Crippen molar-refractivity contribution in [2.24, 2.45) is 0 Å². The molecule has 0 aliphatic carbocycles. The molecule has 0 unspecified atom stereocenters. The van der Waals surface area contributed by atoms with Gasteiger partial charge in [0.1, 0.15) is 0 Å². The van der Waals surface area contributed by atoms with Gasteiger partial charge in [0.2, 0.25) is 11.8 Å². The van der Waals surface area contributed by atoms with Gasteiger partial charge in [-0.25, -0.2) is 0 Å². The lowest BCUT2D eigenvalue weighted by Gasteiger charge is -2.09. The molecule has 0 radical (unpaired) electrons. The van der Waals surface area contributed by atoms with E-state index in [1.807, 2.05) is 0 Å². The van der Waals surface area contributed by atoms with Crippen molar-refractivity contribution in [3.63, 3.8) is 0 Å². The average molecular weight is 646 g/mol. The molecular formula is C35H34Cl2N4O4. The van der Waals surface area contributed by atoms with E-state index < -0.39 is 0 Å². The van der Waals surface area contributed by atoms with E-state index in [0.717, 1.165) is 32.1 Å². The van der Waals surface area contributed by atoms with Gasteiger partial charge in [0.25, 0.3) is 11.8 Å². The average Bonchev–Trinajstić information content (AvgIpc) is 3.01. The molecule has 4 N–H and O–H groups in total. The lowest BCUT2D eigenvalue weighted by molar-refractivity contribution is -0.117. The second-order valence-corrected chi connectivity index (χ2v) is 11.3. The maximum atomic E-state index is 12.6. The van der Waals surface area contributed by atoms with Gasteiger partial charge < -0.3 is 21.3 Å². The lowest BCUT2D eigenvalue weighted by atomic mass is 10.1. The normalized spacial score (nSPS) is 10.5. The smallest absolute Gasteiger partial charge is 0.255 e. The topological polar surface area (TPSA) is 116 Å². The van der Waals surface area contributed by atoms with Crippen molar-refractivity contribution in [3.8, 4) is 0 Å². The van der Waals surface area contributed by atoms with Gasteiger partial charge in [0.15, 0.2) is 0 Å². The number of hydrogen-bond donors (Lipinski definition) is 4. The van der Waals surface area contributed by atoms with Crippen molar-refractivity contribution in [1.82, 2.24) is 0 Å². The van der Waals surface area contributed by atoms with Crippen molar-refractivity contribution < 1.29 is 19.2 Å². The Morgan fingerprint density at radius 3 is 1.20 bits per heavy atom. The van der Waals surface area contributed by atoms with Crippen molar-refractivity contribution in [2.75, 3.05) is 21.3 Å². The summed E-state index contributed by atoms with van der Waals surface area (Å²) in [5, 5.41) is 12.3. The van der Waals surface area contributed by atoms with E-state index in [2.05, 4.69) is 21.3 Å². The van der Waals surface area contributed by atoms with Crippen LogP contribution in [-0.2, 0) is 9.59 Å². The molecular weight excluding hydrogens is 611 g/mol. The molecule has 0 bridgehead atoms. The minimum atomic E-state index is -0.298. The summed E-state index contributed by atoms with van der Waals surface area (Å²) < 4.78 is 0. The maximum absolute atomic E-state index is 12.6. The molecule has 0 aromatic heterocycles. The predicted molar refractivity (Wildman–Crippen MR) is 181 cm³/mol. The predicted octanol–water partition coefficient (Wildman–Crippen LogP) is 8.81. The first kappa shape index (κ1) is 33.2. The molecule has 4 aromatic carbocycles. The highest BCUT2D eigenvalue weighted by Gasteiger charge is 2.11. The second-order valence-electron chi connectivity index (χ2n) is 10.5. The Kier molecular flexibility index (Phi) is 12.5. The van der Waals surface area contributed by atoms with Crippen LogP contribution in [0.25, 0.3) is 0 Å². The number of halogens is 2. The molecule has 10 heteroatoms. The van der Waals surface area contributed by atoms with Gasteiger partial charge in [-0.3, -0.25) is 19.2 Å². The van der Waals surface area contributed by atoms with E-state index in [9.17, 15) is 19.2 Å². The standard InChI is InChI=1S/C35H34Cl2N4O4/c36-26-12-8-16-30(22-26)40-34(44)24-10-6-14-28(20-24)38-32(42)18-4-2-1-3-5-19-33(43)39-29-15-7-11-25(21-29)35(45)41-31-17-9-13-27(37)23-31/h6-17,20-23H,1-5,18-19H2,(H,38,42)(H,39,43)(H,40,44)(H,41,45). The third kappa shape index (κ3) is 11.4. The summed E-state index contributed by atoms with van der Waals surface area (Å²) in [4.78, 5) is 50.0. The van der Waals surface area contributed by atoms with Crippen LogP contribution in [0.1, 0.15) is 65.7 Å². The van der Waals surface area contributed by atoms with Gasteiger partial charge in [0, 0.05) is 56.8 Å². The Balaban J connectivity index is 1.10. The summed E-state index contributed by atoms with van der Waals surface area (Å²) >= 11 is 12.0. The summed E-state index contributed by atoms with van der Waals surface area (Å²) in [5.41, 5.74) is 3.12. The summed E-state index contributed by atoms with van der Waals surface area (Å²) in [6.07, 6.45) is 4.79. The fourth-order valence-corrected chi connectivity index (χ4v) is 4.94. The van der Waals surface area contributed by atoms with Crippen LogP contribution in [0.3, 0.4) is 0 Å². The van der Waals surface area contributed by atoms with E-state index >= 15 is 0 Å². The van der Waals surface area contributed by atoms with Gasteiger partial charge in [-0.1, -0.05) is 66.7 Å². The Hall–Kier alpha value is -4.66. The number of unbranched alkanes of at least 4 members (excludes halogenated alkanes) is 4. The molecule has 8 nitrogen and oxygen atoms in total. The van der Waals surface area contributed by atoms with Gasteiger partial charge in [-0.2, -0.15) is 0 Å². The SMILES string of the molecule is O=C(CCCCCCCC(=O)Nc1cccc(C(=O)Nc2cccc(Cl)c2)c1)Nc1cccc(C(=O)Nc2cccc(Cl)c2)c1. The molecule has 4 aromatic rings. The molecule has 0 atom stereocenters. The number of carbonyl (C=O) groups is 4. The zero-order chi connectivity index (χ0) is 32.0. The molecule has 0 heterocycles. The van der Waals surface area contributed by atoms with E-state index in [4.69, 9.17) is 23.2 Å². The van der Waals surface area contributed by atoms with Crippen molar-refractivity contribution >= 4 is 69.6 Å². The van der Waals surface area contributed by atoms with Crippen molar-refractivity contribution in [1.29, 1.82) is 0 Å². The molecule has 4 rings (SSSR count). The number of nitrogens with one attached hydrogen (secondary N) is 4. The van der Waals surface area contributed by atoms with Crippen LogP contribution in [0, 0.1) is 0 Å². The number of rotatable bonds is 14. The molecule has 0 saturated heterocycles. The lowest BCUT2D eigenvalue weighted by Crippen LogP contribution is -2.14. The zero-order valence-corrected chi connectivity index (χ0v) is 26.1. The number of anilines is 4. The summed E-state index contributed by atoms with van der Waals surface area (Å²) in [6.45, 7) is 0. The van der Waals surface area contributed by atoms with Gasteiger partial charge in [0.05, 0.1) is 0 Å². The fraction of sp³-hybridized carbons (Fsp3) is 0.200. The van der Waals surface area contributed by atoms with Crippen LogP contribution in [0.2, 0.25) is 10.0 Å². The van der Waals surface area contributed by atoms with Crippen molar-refractivity contribution in [2.45, 2.75) is 44.9 Å². The third-order valence-corrected chi connectivity index (χ3v) is 7.26. The number of hydrogen-bond acceptors (Lipinski definition) is 4. The summed E-state index contributed by atoms with van der Waals surface area (Å²) in [6, 6.07) is 27.3. The van der Waals surface area contributed by atoms with Crippen LogP contribution in [0.4, 0.5) is 22.7 Å². The molecule has 0 aliphatic heterocycles. The molecule has 232 valence electrons. The molecule has 0 spiro atoms. The van der Waals surface area contributed by atoms with Crippen LogP contribution in [0.15, 0.2) is 97.1 Å². The Bertz CT molecular complexity index is 1540. The van der Waals surface area contributed by atoms with Gasteiger partial charge in [-0.05, 0) is 85.6 Å². The molecule has 0 fully saturated rings. The highest BCUT2D eigenvalue weighted by Crippen LogP contribution is 2.19. The first-order valence-electron chi connectivity index (χ1n) is 14.7. The number of amides is 4. The first-order chi connectivity index (χ1) is 21.7. The van der Waals surface area contributed by atoms with Crippen LogP contribution < -0.4 is 21.3 Å². The Morgan fingerprint density at radius 1 is 0.444 bits per heavy atom. The second kappa shape index (κ2) is 17.0. The maximum Gasteiger partial charge on any atom is 0.255 e. The van der Waals surface area contributed by atoms with Gasteiger partial charge in [-0.15, -0.1) is 0 Å². The highest BCUT2D eigenvalue weighted by atomic mass is 35.5. The Morgan fingerprint density at radius 2 is 0.800 bits per heavy atom. The Labute approximate surface area is 272 Å². The van der Waals surface area contributed by atoms with E-state index in [1.165, 1.54) is 0 Å². The first-order valence-corrected chi connectivity index (χ1v) is 15.4. The summed E-state index contributed by atoms with van der Waals surface area (Å²) in [5.74, 6) is -0.837. The summed E-state index contributed by atoms with van der Waals surface area (Å²) in [7, 11) is 0. The minimum absolute atomic E-state index is 0.120. The van der Waals surface area contributed by atoms with Crippen molar-refractivity contribution in [3.05, 3.63) is 118 Å². The highest BCUT2D eigenvalue weighted by molar-refractivity contribution is 6.31. The number of benzene rings is 4. The van der Waals surface area contributed by atoms with Crippen LogP contribution >= 0.6 is 23.2 Å². The number of carbonyl (C=O) groups excluding carboxylic acids is 4. The molecule has 0 aliphatic rings.